The monoisotopic (exact) mass is 597 g/mol. The van der Waals surface area contributed by atoms with E-state index in [4.69, 9.17) is 9.60 Å². The number of hydrogen-bond acceptors (Lipinski definition) is 0. The Bertz CT molecular complexity index is 2500. The van der Waals surface area contributed by atoms with E-state index in [0.29, 0.717) is 16.3 Å². The summed E-state index contributed by atoms with van der Waals surface area (Å²) in [5.41, 5.74) is 4.92. The molecule has 0 unspecified atom stereocenters. The fourth-order valence-electron chi connectivity index (χ4n) is 7.26. The quantitative estimate of drug-likeness (QED) is 0.140. The molecule has 0 atom stereocenters. The highest BCUT2D eigenvalue weighted by Gasteiger charge is 2.41. The van der Waals surface area contributed by atoms with Crippen molar-refractivity contribution in [2.24, 2.45) is 0 Å². The summed E-state index contributed by atoms with van der Waals surface area (Å²) in [5.74, 6) is 0. The Morgan fingerprint density at radius 2 is 1.11 bits per heavy atom. The third kappa shape index (κ3) is 4.65. The van der Waals surface area contributed by atoms with Crippen molar-refractivity contribution in [1.29, 1.82) is 0 Å². The molecule has 7 rings (SSSR count). The average molecular weight is 598 g/mol. The lowest BCUT2D eigenvalue weighted by atomic mass is 9.59. The van der Waals surface area contributed by atoms with Crippen molar-refractivity contribution >= 4 is 34.8 Å². The summed E-state index contributed by atoms with van der Waals surface area (Å²) in [6, 6.07) is 17.7. The van der Waals surface area contributed by atoms with Crippen LogP contribution in [0.3, 0.4) is 0 Å². The molecule has 0 aliphatic heterocycles. The standard InChI is InChI=1S/C43H44Si/c1-42(2)26-27-43(3,4)41-36(25-24-32(40(41)42)29-16-10-8-11-17-29)39-34-21-15-14-20-33(34)38(30-18-12-9-13-19-30)35-23-22-31(28-37(35)39)44(5,6)7/h8-25,28H,26-27H2,1-7H3/i8D,10D,11D,14D,15D,16D,17D,20D,21D. The van der Waals surface area contributed by atoms with E-state index in [1.807, 2.05) is 42.5 Å². The zero-order chi connectivity index (χ0) is 38.7. The molecule has 0 heterocycles. The van der Waals surface area contributed by atoms with Crippen LogP contribution < -0.4 is 5.19 Å². The summed E-state index contributed by atoms with van der Waals surface area (Å²) in [6.45, 7) is 15.5. The van der Waals surface area contributed by atoms with Gasteiger partial charge in [0.25, 0.3) is 0 Å². The van der Waals surface area contributed by atoms with Crippen LogP contribution in [0.2, 0.25) is 19.6 Å². The molecule has 0 spiro atoms. The second kappa shape index (κ2) is 10.3. The number of rotatable bonds is 4. The lowest BCUT2D eigenvalue weighted by Gasteiger charge is -2.44. The largest absolute Gasteiger partial charge is 0.0776 e. The summed E-state index contributed by atoms with van der Waals surface area (Å²) in [6.07, 6.45) is 1.62. The first-order chi connectivity index (χ1) is 24.7. The van der Waals surface area contributed by atoms with E-state index >= 15 is 0 Å². The molecule has 0 N–H and O–H groups in total. The van der Waals surface area contributed by atoms with Crippen molar-refractivity contribution in [2.75, 3.05) is 0 Å². The Morgan fingerprint density at radius 3 is 1.75 bits per heavy atom. The molecule has 1 aliphatic rings. The summed E-state index contributed by atoms with van der Waals surface area (Å²) < 4.78 is 80.0. The predicted molar refractivity (Wildman–Crippen MR) is 196 cm³/mol. The molecule has 44 heavy (non-hydrogen) atoms. The van der Waals surface area contributed by atoms with Crippen LogP contribution in [0.1, 0.15) is 64.0 Å². The minimum absolute atomic E-state index is 0.0958. The zero-order valence-electron chi connectivity index (χ0n) is 35.7. The molecule has 0 saturated carbocycles. The lowest BCUT2D eigenvalue weighted by molar-refractivity contribution is 0.333. The first-order valence-electron chi connectivity index (χ1n) is 20.0. The van der Waals surface area contributed by atoms with Crippen molar-refractivity contribution < 1.29 is 12.3 Å². The minimum atomic E-state index is -1.89. The van der Waals surface area contributed by atoms with Crippen LogP contribution in [-0.4, -0.2) is 8.07 Å². The van der Waals surface area contributed by atoms with Crippen LogP contribution in [0.15, 0.2) is 115 Å². The third-order valence-corrected chi connectivity index (χ3v) is 11.7. The Kier molecular flexibility index (Phi) is 4.73. The van der Waals surface area contributed by atoms with Crippen LogP contribution in [0, 0.1) is 0 Å². The second-order valence-electron chi connectivity index (χ2n) is 14.6. The van der Waals surface area contributed by atoms with Gasteiger partial charge < -0.3 is 0 Å². The molecule has 0 aromatic heterocycles. The van der Waals surface area contributed by atoms with Crippen LogP contribution in [0.25, 0.3) is 54.9 Å². The second-order valence-corrected chi connectivity index (χ2v) is 19.6. The molecule has 0 radical (unpaired) electrons. The molecular weight excluding hydrogens is 545 g/mol. The average Bonchev–Trinajstić information content (AvgIpc) is 3.12. The van der Waals surface area contributed by atoms with Gasteiger partial charge in [0.15, 0.2) is 0 Å². The van der Waals surface area contributed by atoms with E-state index in [2.05, 4.69) is 65.5 Å². The Morgan fingerprint density at radius 1 is 0.545 bits per heavy atom. The van der Waals surface area contributed by atoms with Gasteiger partial charge in [-0.3, -0.25) is 0 Å². The van der Waals surface area contributed by atoms with Crippen LogP contribution in [0.5, 0.6) is 0 Å². The molecule has 0 amide bonds. The van der Waals surface area contributed by atoms with Crippen molar-refractivity contribution in [3.8, 4) is 33.4 Å². The van der Waals surface area contributed by atoms with Crippen LogP contribution in [0.4, 0.5) is 0 Å². The molecule has 1 aliphatic carbocycles. The van der Waals surface area contributed by atoms with Crippen molar-refractivity contribution in [2.45, 2.75) is 71.0 Å². The summed E-state index contributed by atoms with van der Waals surface area (Å²) in [4.78, 5) is 0. The Hall–Kier alpha value is -3.94. The molecule has 1 heteroatoms. The Labute approximate surface area is 277 Å². The fourth-order valence-corrected chi connectivity index (χ4v) is 8.42. The first kappa shape index (κ1) is 20.2. The Balaban J connectivity index is 1.78. The van der Waals surface area contributed by atoms with Gasteiger partial charge in [0, 0.05) is 0 Å². The zero-order valence-corrected chi connectivity index (χ0v) is 27.7. The molecule has 220 valence electrons. The van der Waals surface area contributed by atoms with Crippen molar-refractivity contribution in [3.05, 3.63) is 126 Å². The highest BCUT2D eigenvalue weighted by molar-refractivity contribution is 6.88. The minimum Gasteiger partial charge on any atom is -0.0656 e. The van der Waals surface area contributed by atoms with Gasteiger partial charge in [-0.25, -0.2) is 0 Å². The molecule has 0 fully saturated rings. The van der Waals surface area contributed by atoms with Crippen molar-refractivity contribution in [3.63, 3.8) is 0 Å². The van der Waals surface area contributed by atoms with Crippen LogP contribution >= 0.6 is 0 Å². The highest BCUT2D eigenvalue weighted by Crippen LogP contribution is 2.54. The van der Waals surface area contributed by atoms with Gasteiger partial charge in [0.1, 0.15) is 0 Å². The molecule has 0 bridgehead atoms. The van der Waals surface area contributed by atoms with E-state index in [-0.39, 0.29) is 53.9 Å². The number of benzene rings is 6. The van der Waals surface area contributed by atoms with Gasteiger partial charge in [-0.1, -0.05) is 168 Å². The molecule has 6 aromatic carbocycles. The molecular formula is C43H44Si. The van der Waals surface area contributed by atoms with Gasteiger partial charge in [0.2, 0.25) is 0 Å². The van der Waals surface area contributed by atoms with Gasteiger partial charge in [-0.15, -0.1) is 0 Å². The van der Waals surface area contributed by atoms with Gasteiger partial charge in [-0.2, -0.15) is 0 Å². The van der Waals surface area contributed by atoms with Gasteiger partial charge >= 0.3 is 0 Å². The maximum absolute atomic E-state index is 9.55. The molecule has 0 saturated heterocycles. The highest BCUT2D eigenvalue weighted by atomic mass is 28.3. The maximum atomic E-state index is 9.55. The van der Waals surface area contributed by atoms with E-state index in [1.165, 1.54) is 5.19 Å². The van der Waals surface area contributed by atoms with E-state index in [1.54, 1.807) is 0 Å². The normalized spacial score (nSPS) is 18.7. The maximum Gasteiger partial charge on any atom is 0.0776 e. The van der Waals surface area contributed by atoms with Gasteiger partial charge in [0.05, 0.1) is 20.4 Å². The number of fused-ring (bicyclic) bond motifs is 3. The first-order valence-corrected chi connectivity index (χ1v) is 19.0. The predicted octanol–water partition coefficient (Wildman–Crippen LogP) is 11.9. The summed E-state index contributed by atoms with van der Waals surface area (Å²) in [5, 5.41) is 3.92. The molecule has 6 aromatic rings. The SMILES string of the molecule is [2H]c1c([2H])c([2H])c(-c2ccc(-c3c4cc([Si](C)(C)C)ccc4c(-c4ccccc4)c4c([2H])c([2H])c([2H])c([2H])c34)c3c2C(C)(C)CCC3(C)C)c([2H])c1[2H]. The topological polar surface area (TPSA) is 0 Å². The van der Waals surface area contributed by atoms with E-state index < -0.39 is 24.9 Å². The van der Waals surface area contributed by atoms with Crippen molar-refractivity contribution in [1.82, 2.24) is 0 Å². The van der Waals surface area contributed by atoms with E-state index in [0.717, 1.165) is 57.0 Å². The number of hydrogen-bond donors (Lipinski definition) is 0. The summed E-state index contributed by atoms with van der Waals surface area (Å²) >= 11 is 0. The molecule has 0 nitrogen and oxygen atoms in total. The van der Waals surface area contributed by atoms with Crippen LogP contribution in [-0.2, 0) is 10.8 Å². The lowest BCUT2D eigenvalue weighted by Crippen LogP contribution is -2.37. The fraction of sp³-hybridized carbons (Fsp3) is 0.256. The third-order valence-electron chi connectivity index (χ3n) is 9.65. The summed E-state index contributed by atoms with van der Waals surface area (Å²) in [7, 11) is -1.89. The van der Waals surface area contributed by atoms with E-state index in [9.17, 15) is 2.74 Å². The smallest absolute Gasteiger partial charge is 0.0656 e. The van der Waals surface area contributed by atoms with Gasteiger partial charge in [-0.05, 0) is 89.7 Å².